The SMILES string of the molecule is COC(=O)CCc1ccc(N2CCN(c3ccc(C(=N)N)cc3S(C)=O)C2=O)cc1. The molecule has 2 aromatic carbocycles. The minimum Gasteiger partial charge on any atom is -0.469 e. The molecule has 2 aromatic rings. The number of nitrogens with two attached hydrogens (primary N) is 1. The van der Waals surface area contributed by atoms with Gasteiger partial charge in [0.2, 0.25) is 0 Å². The number of benzene rings is 2. The average molecular weight is 429 g/mol. The maximum atomic E-state index is 13.1. The Morgan fingerprint density at radius 2 is 1.83 bits per heavy atom. The smallest absolute Gasteiger partial charge is 0.329 e. The Bertz CT molecular complexity index is 1010. The minimum absolute atomic E-state index is 0.116. The number of aryl methyl sites for hydroxylation is 1. The number of hydrogen-bond donors (Lipinski definition) is 2. The summed E-state index contributed by atoms with van der Waals surface area (Å²) in [7, 11) is 0.0177. The fourth-order valence-corrected chi connectivity index (χ4v) is 4.09. The largest absolute Gasteiger partial charge is 0.469 e. The number of nitrogens with one attached hydrogen (secondary N) is 1. The quantitative estimate of drug-likeness (QED) is 0.399. The van der Waals surface area contributed by atoms with Crippen LogP contribution in [0, 0.1) is 5.41 Å². The summed E-state index contributed by atoms with van der Waals surface area (Å²) in [6.45, 7) is 0.942. The van der Waals surface area contributed by atoms with Crippen LogP contribution < -0.4 is 15.5 Å². The van der Waals surface area contributed by atoms with Gasteiger partial charge >= 0.3 is 12.0 Å². The molecular weight excluding hydrogens is 404 g/mol. The van der Waals surface area contributed by atoms with E-state index in [1.54, 1.807) is 28.0 Å². The van der Waals surface area contributed by atoms with Crippen LogP contribution in [0.4, 0.5) is 16.2 Å². The number of methoxy groups -OCH3 is 1. The number of amides is 2. The van der Waals surface area contributed by atoms with Crippen molar-refractivity contribution in [3.05, 3.63) is 53.6 Å². The van der Waals surface area contributed by atoms with E-state index < -0.39 is 10.8 Å². The lowest BCUT2D eigenvalue weighted by Gasteiger charge is -2.21. The first-order valence-electron chi connectivity index (χ1n) is 9.38. The molecule has 0 bridgehead atoms. The fourth-order valence-electron chi connectivity index (χ4n) is 3.33. The second kappa shape index (κ2) is 9.08. The molecule has 1 unspecified atom stereocenters. The highest BCUT2D eigenvalue weighted by molar-refractivity contribution is 7.84. The lowest BCUT2D eigenvalue weighted by molar-refractivity contribution is -0.140. The highest BCUT2D eigenvalue weighted by Gasteiger charge is 2.32. The van der Waals surface area contributed by atoms with Crippen molar-refractivity contribution in [1.82, 2.24) is 0 Å². The normalized spacial score (nSPS) is 14.7. The first kappa shape index (κ1) is 21.5. The Kier molecular flexibility index (Phi) is 6.51. The van der Waals surface area contributed by atoms with Crippen LogP contribution >= 0.6 is 0 Å². The van der Waals surface area contributed by atoms with Crippen molar-refractivity contribution in [2.24, 2.45) is 5.73 Å². The number of nitrogen functional groups attached to an aromatic ring is 1. The predicted molar refractivity (Wildman–Crippen MR) is 117 cm³/mol. The molecule has 0 spiro atoms. The summed E-state index contributed by atoms with van der Waals surface area (Å²) in [6.07, 6.45) is 2.41. The molecule has 158 valence electrons. The zero-order valence-electron chi connectivity index (χ0n) is 16.9. The molecule has 0 saturated carbocycles. The van der Waals surface area contributed by atoms with Gasteiger partial charge in [-0.1, -0.05) is 12.1 Å². The summed E-state index contributed by atoms with van der Waals surface area (Å²) in [6, 6.07) is 12.2. The Morgan fingerprint density at radius 3 is 2.43 bits per heavy atom. The van der Waals surface area contributed by atoms with E-state index in [0.717, 1.165) is 11.3 Å². The Balaban J connectivity index is 1.79. The topological polar surface area (TPSA) is 117 Å². The van der Waals surface area contributed by atoms with Crippen molar-refractivity contribution < 1.29 is 18.5 Å². The van der Waals surface area contributed by atoms with Gasteiger partial charge in [0.05, 0.1) is 28.5 Å². The summed E-state index contributed by atoms with van der Waals surface area (Å²) >= 11 is 0. The van der Waals surface area contributed by atoms with Gasteiger partial charge in [-0.05, 0) is 42.3 Å². The first-order chi connectivity index (χ1) is 14.3. The van der Waals surface area contributed by atoms with Crippen LogP contribution in [0.25, 0.3) is 0 Å². The van der Waals surface area contributed by atoms with Crippen LogP contribution in [0.2, 0.25) is 0 Å². The molecule has 8 nitrogen and oxygen atoms in total. The van der Waals surface area contributed by atoms with Crippen LogP contribution in [0.5, 0.6) is 0 Å². The maximum Gasteiger partial charge on any atom is 0.329 e. The second-order valence-corrected chi connectivity index (χ2v) is 8.23. The van der Waals surface area contributed by atoms with E-state index in [1.165, 1.54) is 13.4 Å². The predicted octanol–water partition coefficient (Wildman–Crippen LogP) is 2.26. The molecule has 30 heavy (non-hydrogen) atoms. The fraction of sp³-hybridized carbons (Fsp3) is 0.286. The van der Waals surface area contributed by atoms with Crippen molar-refractivity contribution in [2.75, 3.05) is 36.3 Å². The number of urea groups is 1. The first-order valence-corrected chi connectivity index (χ1v) is 10.9. The lowest BCUT2D eigenvalue weighted by Crippen LogP contribution is -2.32. The van der Waals surface area contributed by atoms with Gasteiger partial charge in [-0.25, -0.2) is 4.79 Å². The van der Waals surface area contributed by atoms with Crippen LogP contribution in [0.3, 0.4) is 0 Å². The highest BCUT2D eigenvalue weighted by atomic mass is 32.2. The summed E-state index contributed by atoms with van der Waals surface area (Å²) in [5.41, 5.74) is 8.30. The van der Waals surface area contributed by atoms with Crippen molar-refractivity contribution in [3.63, 3.8) is 0 Å². The summed E-state index contributed by atoms with van der Waals surface area (Å²) in [4.78, 5) is 28.1. The van der Waals surface area contributed by atoms with Gasteiger partial charge in [-0.2, -0.15) is 0 Å². The highest BCUT2D eigenvalue weighted by Crippen LogP contribution is 2.30. The van der Waals surface area contributed by atoms with E-state index in [-0.39, 0.29) is 17.8 Å². The molecule has 1 fully saturated rings. The third-order valence-corrected chi connectivity index (χ3v) is 5.92. The molecule has 0 aromatic heterocycles. The lowest BCUT2D eigenvalue weighted by atomic mass is 10.1. The standard InChI is InChI=1S/C21H24N4O4S/c1-29-19(26)10-5-14-3-7-16(8-4-14)24-11-12-25(21(24)27)17-9-6-15(20(22)23)13-18(17)30(2)28/h3-4,6-9,13H,5,10-12H2,1-2H3,(H3,22,23). The average Bonchev–Trinajstić information content (AvgIpc) is 3.12. The van der Waals surface area contributed by atoms with Crippen molar-refractivity contribution in [3.8, 4) is 0 Å². The molecule has 9 heteroatoms. The van der Waals surface area contributed by atoms with E-state index in [9.17, 15) is 13.8 Å². The summed E-state index contributed by atoms with van der Waals surface area (Å²) in [5.74, 6) is -0.376. The number of carbonyl (C=O) groups is 2. The van der Waals surface area contributed by atoms with Crippen molar-refractivity contribution in [2.45, 2.75) is 17.7 Å². The third-order valence-electron chi connectivity index (χ3n) is 4.97. The molecule has 3 N–H and O–H groups in total. The van der Waals surface area contributed by atoms with Gasteiger partial charge in [0, 0.05) is 37.0 Å². The van der Waals surface area contributed by atoms with Gasteiger partial charge in [0.15, 0.2) is 0 Å². The van der Waals surface area contributed by atoms with E-state index in [4.69, 9.17) is 11.1 Å². The van der Waals surface area contributed by atoms with Gasteiger partial charge in [0.1, 0.15) is 5.84 Å². The summed E-state index contributed by atoms with van der Waals surface area (Å²) < 4.78 is 16.9. The maximum absolute atomic E-state index is 13.1. The minimum atomic E-state index is -1.35. The van der Waals surface area contributed by atoms with Crippen LogP contribution in [0.15, 0.2) is 47.4 Å². The number of nitrogens with zero attached hydrogens (tertiary/aromatic N) is 2. The Labute approximate surface area is 177 Å². The number of rotatable bonds is 7. The van der Waals surface area contributed by atoms with Crippen LogP contribution in [-0.4, -0.2) is 48.5 Å². The molecule has 0 radical (unpaired) electrons. The van der Waals surface area contributed by atoms with Gasteiger partial charge in [-0.15, -0.1) is 0 Å². The Hall–Kier alpha value is -3.20. The van der Waals surface area contributed by atoms with E-state index >= 15 is 0 Å². The van der Waals surface area contributed by atoms with E-state index in [0.29, 0.717) is 42.1 Å². The van der Waals surface area contributed by atoms with Gasteiger partial charge in [0.25, 0.3) is 0 Å². The third kappa shape index (κ3) is 4.51. The number of esters is 1. The zero-order chi connectivity index (χ0) is 21.8. The molecule has 1 saturated heterocycles. The zero-order valence-corrected chi connectivity index (χ0v) is 17.7. The number of hydrogen-bond acceptors (Lipinski definition) is 5. The Morgan fingerprint density at radius 1 is 1.17 bits per heavy atom. The summed E-state index contributed by atoms with van der Waals surface area (Å²) in [5, 5.41) is 7.58. The molecular formula is C21H24N4O4S. The molecule has 2 amide bonds. The van der Waals surface area contributed by atoms with Crippen molar-refractivity contribution in [1.29, 1.82) is 5.41 Å². The monoisotopic (exact) mass is 428 g/mol. The van der Waals surface area contributed by atoms with E-state index in [1.807, 2.05) is 24.3 Å². The van der Waals surface area contributed by atoms with Crippen molar-refractivity contribution >= 4 is 40.0 Å². The number of ether oxygens (including phenoxy) is 1. The van der Waals surface area contributed by atoms with Gasteiger partial charge < -0.3 is 10.5 Å². The number of anilines is 2. The van der Waals surface area contributed by atoms with E-state index in [2.05, 4.69) is 4.74 Å². The molecule has 1 aliphatic heterocycles. The van der Waals surface area contributed by atoms with Crippen LogP contribution in [-0.2, 0) is 26.8 Å². The molecule has 1 aliphatic rings. The van der Waals surface area contributed by atoms with Gasteiger partial charge in [-0.3, -0.25) is 24.2 Å². The number of carbonyl (C=O) groups excluding carboxylic acids is 2. The van der Waals surface area contributed by atoms with Crippen LogP contribution in [0.1, 0.15) is 17.5 Å². The molecule has 3 rings (SSSR count). The molecule has 1 heterocycles. The number of amidine groups is 1. The molecule has 0 aliphatic carbocycles. The second-order valence-electron chi connectivity index (χ2n) is 6.88. The molecule has 1 atom stereocenters.